The third-order valence-corrected chi connectivity index (χ3v) is 3.99. The molecule has 0 aromatic heterocycles. The number of esters is 1. The van der Waals surface area contributed by atoms with Crippen LogP contribution in [0.5, 0.6) is 0 Å². The molecule has 4 heteroatoms. The minimum atomic E-state index is -0.961. The molecular formula is C21H38O4. The highest BCUT2D eigenvalue weighted by Gasteiger charge is 2.07. The number of rotatable bonds is 17. The molecule has 0 aliphatic carbocycles. The minimum Gasteiger partial charge on any atom is -0.463 e. The molecule has 1 unspecified atom stereocenters. The first-order valence-electron chi connectivity index (χ1n) is 9.95. The predicted octanol–water partition coefficient (Wildman–Crippen LogP) is 4.70. The second-order valence-corrected chi connectivity index (χ2v) is 6.47. The Balaban J connectivity index is 3.23. The average Bonchev–Trinajstić information content (AvgIpc) is 2.62. The molecule has 1 atom stereocenters. The molecule has 0 bridgehead atoms. The molecular weight excluding hydrogens is 316 g/mol. The van der Waals surface area contributed by atoms with Crippen LogP contribution in [-0.4, -0.2) is 35.5 Å². The van der Waals surface area contributed by atoms with Crippen LogP contribution < -0.4 is 0 Å². The highest BCUT2D eigenvalue weighted by atomic mass is 16.5. The fraction of sp³-hybridized carbons (Fsp3) is 0.762. The van der Waals surface area contributed by atoms with E-state index >= 15 is 0 Å². The van der Waals surface area contributed by atoms with Gasteiger partial charge >= 0.3 is 5.97 Å². The molecule has 0 heterocycles. The SMILES string of the molecule is CCC=CCC=CCCCCCCCCCCC(=O)OCC(O)CO. The van der Waals surface area contributed by atoms with E-state index in [1.54, 1.807) is 0 Å². The van der Waals surface area contributed by atoms with Gasteiger partial charge in [-0.1, -0.05) is 69.8 Å². The van der Waals surface area contributed by atoms with Crippen molar-refractivity contribution < 1.29 is 19.7 Å². The summed E-state index contributed by atoms with van der Waals surface area (Å²) in [5, 5.41) is 17.7. The molecule has 0 aliphatic rings. The zero-order valence-electron chi connectivity index (χ0n) is 16.0. The summed E-state index contributed by atoms with van der Waals surface area (Å²) < 4.78 is 4.86. The smallest absolute Gasteiger partial charge is 0.305 e. The Morgan fingerprint density at radius 3 is 2.16 bits per heavy atom. The van der Waals surface area contributed by atoms with E-state index in [1.165, 1.54) is 38.5 Å². The van der Waals surface area contributed by atoms with Crippen LogP contribution >= 0.6 is 0 Å². The molecule has 0 spiro atoms. The van der Waals surface area contributed by atoms with Gasteiger partial charge in [-0.2, -0.15) is 0 Å². The molecule has 0 fully saturated rings. The third kappa shape index (κ3) is 19.0. The van der Waals surface area contributed by atoms with Gasteiger partial charge in [0.05, 0.1) is 6.61 Å². The average molecular weight is 355 g/mol. The van der Waals surface area contributed by atoms with E-state index in [0.717, 1.165) is 32.1 Å². The number of aliphatic hydroxyl groups excluding tert-OH is 2. The van der Waals surface area contributed by atoms with E-state index in [4.69, 9.17) is 14.9 Å². The first-order valence-corrected chi connectivity index (χ1v) is 9.95. The maximum absolute atomic E-state index is 11.4. The zero-order chi connectivity index (χ0) is 18.6. The van der Waals surface area contributed by atoms with Crippen LogP contribution in [0.4, 0.5) is 0 Å². The van der Waals surface area contributed by atoms with Crippen molar-refractivity contribution in [2.75, 3.05) is 13.2 Å². The van der Waals surface area contributed by atoms with E-state index in [9.17, 15) is 4.79 Å². The summed E-state index contributed by atoms with van der Waals surface area (Å²) in [5.74, 6) is -0.286. The maximum Gasteiger partial charge on any atom is 0.305 e. The molecule has 0 amide bonds. The number of hydrogen-bond acceptors (Lipinski definition) is 4. The van der Waals surface area contributed by atoms with Gasteiger partial charge < -0.3 is 14.9 Å². The summed E-state index contributed by atoms with van der Waals surface area (Å²) in [6.45, 7) is 1.67. The largest absolute Gasteiger partial charge is 0.463 e. The molecule has 0 aromatic rings. The van der Waals surface area contributed by atoms with Crippen molar-refractivity contribution in [1.29, 1.82) is 0 Å². The van der Waals surface area contributed by atoms with Crippen molar-refractivity contribution in [3.63, 3.8) is 0 Å². The summed E-state index contributed by atoms with van der Waals surface area (Å²) in [6.07, 6.45) is 21.2. The van der Waals surface area contributed by atoms with E-state index in [1.807, 2.05) is 0 Å². The van der Waals surface area contributed by atoms with Crippen molar-refractivity contribution >= 4 is 5.97 Å². The Hall–Kier alpha value is -1.13. The van der Waals surface area contributed by atoms with Crippen LogP contribution in [0.15, 0.2) is 24.3 Å². The van der Waals surface area contributed by atoms with Crippen LogP contribution in [-0.2, 0) is 9.53 Å². The van der Waals surface area contributed by atoms with Gasteiger partial charge in [0.2, 0.25) is 0 Å². The normalized spacial score (nSPS) is 12.9. The second-order valence-electron chi connectivity index (χ2n) is 6.47. The van der Waals surface area contributed by atoms with Crippen molar-refractivity contribution in [1.82, 2.24) is 0 Å². The Bertz CT molecular complexity index is 350. The number of carbonyl (C=O) groups excluding carboxylic acids is 1. The molecule has 0 aromatic carbocycles. The molecule has 2 N–H and O–H groups in total. The predicted molar refractivity (Wildman–Crippen MR) is 103 cm³/mol. The highest BCUT2D eigenvalue weighted by Crippen LogP contribution is 2.11. The monoisotopic (exact) mass is 354 g/mol. The van der Waals surface area contributed by atoms with Gasteiger partial charge in [-0.3, -0.25) is 4.79 Å². The quantitative estimate of drug-likeness (QED) is 0.226. The molecule has 0 saturated heterocycles. The van der Waals surface area contributed by atoms with E-state index in [2.05, 4.69) is 31.2 Å². The van der Waals surface area contributed by atoms with Crippen molar-refractivity contribution in [2.24, 2.45) is 0 Å². The topological polar surface area (TPSA) is 66.8 Å². The summed E-state index contributed by atoms with van der Waals surface area (Å²) in [6, 6.07) is 0. The standard InChI is InChI=1S/C21H38O4/c1-2-3-4-5-6-7-8-9-10-11-12-13-14-15-16-17-21(24)25-19-20(23)18-22/h3-4,6-7,20,22-23H,2,5,8-19H2,1H3. The number of allylic oxidation sites excluding steroid dienone is 4. The van der Waals surface area contributed by atoms with Crippen molar-refractivity contribution in [2.45, 2.75) is 90.1 Å². The molecule has 0 saturated carbocycles. The summed E-state index contributed by atoms with van der Waals surface area (Å²) in [5.41, 5.74) is 0. The minimum absolute atomic E-state index is 0.111. The van der Waals surface area contributed by atoms with Crippen LogP contribution in [0.3, 0.4) is 0 Å². The number of aliphatic hydroxyl groups is 2. The van der Waals surface area contributed by atoms with Crippen molar-refractivity contribution in [3.8, 4) is 0 Å². The van der Waals surface area contributed by atoms with Gasteiger partial charge in [0.25, 0.3) is 0 Å². The lowest BCUT2D eigenvalue weighted by molar-refractivity contribution is -0.147. The van der Waals surface area contributed by atoms with E-state index < -0.39 is 6.10 Å². The van der Waals surface area contributed by atoms with Gasteiger partial charge in [0, 0.05) is 6.42 Å². The summed E-state index contributed by atoms with van der Waals surface area (Å²) >= 11 is 0. The van der Waals surface area contributed by atoms with Gasteiger partial charge in [0.1, 0.15) is 12.7 Å². The van der Waals surface area contributed by atoms with Crippen LogP contribution in [0.1, 0.15) is 84.0 Å². The Morgan fingerprint density at radius 2 is 1.52 bits per heavy atom. The van der Waals surface area contributed by atoms with E-state index in [-0.39, 0.29) is 19.2 Å². The first kappa shape index (κ1) is 23.9. The maximum atomic E-state index is 11.4. The zero-order valence-corrected chi connectivity index (χ0v) is 16.0. The molecule has 0 aliphatic heterocycles. The Labute approximate surface area is 154 Å². The fourth-order valence-corrected chi connectivity index (χ4v) is 2.46. The number of carbonyl (C=O) groups is 1. The lowest BCUT2D eigenvalue weighted by Crippen LogP contribution is -2.21. The molecule has 4 nitrogen and oxygen atoms in total. The first-order chi connectivity index (χ1) is 12.2. The Kier molecular flexibility index (Phi) is 18.3. The van der Waals surface area contributed by atoms with Crippen LogP contribution in [0, 0.1) is 0 Å². The third-order valence-electron chi connectivity index (χ3n) is 3.99. The molecule has 25 heavy (non-hydrogen) atoms. The van der Waals surface area contributed by atoms with Gasteiger partial charge in [0.15, 0.2) is 0 Å². The molecule has 0 rings (SSSR count). The lowest BCUT2D eigenvalue weighted by Gasteiger charge is -2.08. The summed E-state index contributed by atoms with van der Waals surface area (Å²) in [4.78, 5) is 11.4. The van der Waals surface area contributed by atoms with Gasteiger partial charge in [-0.25, -0.2) is 0 Å². The molecule has 146 valence electrons. The number of unbranched alkanes of at least 4 members (excludes halogenated alkanes) is 8. The fourth-order valence-electron chi connectivity index (χ4n) is 2.46. The molecule has 0 radical (unpaired) electrons. The van der Waals surface area contributed by atoms with Gasteiger partial charge in [-0.15, -0.1) is 0 Å². The van der Waals surface area contributed by atoms with Gasteiger partial charge in [-0.05, 0) is 32.1 Å². The number of hydrogen-bond donors (Lipinski definition) is 2. The Morgan fingerprint density at radius 1 is 0.920 bits per heavy atom. The van der Waals surface area contributed by atoms with E-state index in [0.29, 0.717) is 6.42 Å². The van der Waals surface area contributed by atoms with Crippen molar-refractivity contribution in [3.05, 3.63) is 24.3 Å². The second kappa shape index (κ2) is 19.2. The van der Waals surface area contributed by atoms with Crippen LogP contribution in [0.25, 0.3) is 0 Å². The highest BCUT2D eigenvalue weighted by molar-refractivity contribution is 5.69. The summed E-state index contributed by atoms with van der Waals surface area (Å²) in [7, 11) is 0. The van der Waals surface area contributed by atoms with Crippen LogP contribution in [0.2, 0.25) is 0 Å². The lowest BCUT2D eigenvalue weighted by atomic mass is 10.1. The number of ether oxygens (including phenoxy) is 1.